The lowest BCUT2D eigenvalue weighted by Crippen LogP contribution is -2.35. The van der Waals surface area contributed by atoms with Crippen molar-refractivity contribution in [3.8, 4) is 0 Å². The maximum absolute atomic E-state index is 12.3. The van der Waals surface area contributed by atoms with Crippen molar-refractivity contribution in [3.05, 3.63) is 47.5 Å². The number of carbonyl (C=O) groups is 2. The van der Waals surface area contributed by atoms with Gasteiger partial charge in [-0.25, -0.2) is 0 Å². The van der Waals surface area contributed by atoms with Crippen LogP contribution in [0.5, 0.6) is 0 Å². The van der Waals surface area contributed by atoms with Crippen molar-refractivity contribution < 1.29 is 14.7 Å². The quantitative estimate of drug-likeness (QED) is 0.818. The molecule has 1 amide bonds. The van der Waals surface area contributed by atoms with E-state index in [1.165, 1.54) is 0 Å². The maximum atomic E-state index is 12.3. The molecule has 21 heavy (non-hydrogen) atoms. The second-order valence-electron chi connectivity index (χ2n) is 5.50. The molecular weight excluding hydrogens is 266 g/mol. The molecule has 1 aliphatic rings. The third-order valence-electron chi connectivity index (χ3n) is 3.90. The number of carboxylic acid groups (broad SMARTS) is 1. The molecule has 1 aromatic carbocycles. The number of benzene rings is 1. The molecule has 0 aromatic heterocycles. The molecule has 0 radical (unpaired) electrons. The van der Waals surface area contributed by atoms with Gasteiger partial charge in [0.2, 0.25) is 5.91 Å². The number of rotatable bonds is 5. The Balaban J connectivity index is 2.13. The first-order chi connectivity index (χ1) is 10.1. The summed E-state index contributed by atoms with van der Waals surface area (Å²) in [6.07, 6.45) is 6.48. The average Bonchev–Trinajstić information content (AvgIpc) is 2.47. The Kier molecular flexibility index (Phi) is 5.14. The smallest absolute Gasteiger partial charge is 0.305 e. The van der Waals surface area contributed by atoms with Gasteiger partial charge in [-0.1, -0.05) is 36.4 Å². The number of aryl methyl sites for hydroxylation is 1. The third-order valence-corrected chi connectivity index (χ3v) is 3.90. The number of carbonyl (C=O) groups excluding carboxylic acids is 1. The molecule has 0 aliphatic heterocycles. The minimum absolute atomic E-state index is 0.0460. The van der Waals surface area contributed by atoms with E-state index in [-0.39, 0.29) is 18.2 Å². The van der Waals surface area contributed by atoms with E-state index in [0.717, 1.165) is 30.4 Å². The minimum Gasteiger partial charge on any atom is -0.481 e. The fourth-order valence-electron chi connectivity index (χ4n) is 2.71. The molecule has 1 aromatic rings. The molecule has 0 heterocycles. The fraction of sp³-hybridized carbons (Fsp3) is 0.412. The number of allylic oxidation sites excluding steroid dienone is 2. The first-order valence-electron chi connectivity index (χ1n) is 7.30. The molecule has 4 nitrogen and oxygen atoms in total. The van der Waals surface area contributed by atoms with Gasteiger partial charge < -0.3 is 10.4 Å². The van der Waals surface area contributed by atoms with Crippen LogP contribution in [0.4, 0.5) is 0 Å². The molecular formula is C17H21NO3. The number of amides is 1. The molecule has 2 unspecified atom stereocenters. The third kappa shape index (κ3) is 4.18. The fourth-order valence-corrected chi connectivity index (χ4v) is 2.71. The van der Waals surface area contributed by atoms with Gasteiger partial charge in [0, 0.05) is 5.92 Å². The van der Waals surface area contributed by atoms with Crippen LogP contribution in [0.1, 0.15) is 42.9 Å². The average molecular weight is 287 g/mol. The maximum Gasteiger partial charge on any atom is 0.305 e. The monoisotopic (exact) mass is 287 g/mol. The van der Waals surface area contributed by atoms with Crippen molar-refractivity contribution >= 4 is 11.9 Å². The molecule has 2 N–H and O–H groups in total. The van der Waals surface area contributed by atoms with Crippen molar-refractivity contribution in [2.75, 3.05) is 0 Å². The summed E-state index contributed by atoms with van der Waals surface area (Å²) in [4.78, 5) is 23.4. The molecule has 0 fully saturated rings. The zero-order chi connectivity index (χ0) is 15.2. The van der Waals surface area contributed by atoms with Crippen LogP contribution in [-0.2, 0) is 9.59 Å². The van der Waals surface area contributed by atoms with Gasteiger partial charge in [0.25, 0.3) is 0 Å². The molecule has 112 valence electrons. The lowest BCUT2D eigenvalue weighted by molar-refractivity contribution is -0.138. The summed E-state index contributed by atoms with van der Waals surface area (Å²) in [5.74, 6) is -1.00. The van der Waals surface area contributed by atoms with Crippen molar-refractivity contribution in [1.82, 2.24) is 5.32 Å². The summed E-state index contributed by atoms with van der Waals surface area (Å²) in [5.41, 5.74) is 1.87. The number of aliphatic carboxylic acids is 1. The van der Waals surface area contributed by atoms with Crippen molar-refractivity contribution in [3.63, 3.8) is 0 Å². The van der Waals surface area contributed by atoms with Gasteiger partial charge in [0.15, 0.2) is 0 Å². The summed E-state index contributed by atoms with van der Waals surface area (Å²) < 4.78 is 0. The van der Waals surface area contributed by atoms with Crippen LogP contribution >= 0.6 is 0 Å². The van der Waals surface area contributed by atoms with E-state index in [2.05, 4.69) is 11.4 Å². The Bertz CT molecular complexity index is 551. The lowest BCUT2D eigenvalue weighted by atomic mass is 9.92. The van der Waals surface area contributed by atoms with Gasteiger partial charge in [0.05, 0.1) is 12.5 Å². The highest BCUT2D eigenvalue weighted by Crippen LogP contribution is 2.24. The molecule has 0 saturated heterocycles. The molecule has 0 bridgehead atoms. The van der Waals surface area contributed by atoms with E-state index < -0.39 is 12.0 Å². The van der Waals surface area contributed by atoms with Crippen LogP contribution in [-0.4, -0.2) is 17.0 Å². The van der Waals surface area contributed by atoms with Crippen molar-refractivity contribution in [2.24, 2.45) is 5.92 Å². The number of nitrogens with one attached hydrogen (secondary N) is 1. The molecule has 2 atom stereocenters. The topological polar surface area (TPSA) is 66.4 Å². The van der Waals surface area contributed by atoms with Crippen LogP contribution in [0.25, 0.3) is 0 Å². The largest absolute Gasteiger partial charge is 0.481 e. The van der Waals surface area contributed by atoms with Gasteiger partial charge in [-0.05, 0) is 37.3 Å². The second-order valence-corrected chi connectivity index (χ2v) is 5.50. The predicted molar refractivity (Wildman–Crippen MR) is 80.8 cm³/mol. The Morgan fingerprint density at radius 3 is 2.71 bits per heavy atom. The first kappa shape index (κ1) is 15.3. The summed E-state index contributed by atoms with van der Waals surface area (Å²) in [5, 5.41) is 12.0. The van der Waals surface area contributed by atoms with Gasteiger partial charge in [-0.2, -0.15) is 0 Å². The van der Waals surface area contributed by atoms with E-state index in [9.17, 15) is 9.59 Å². The number of hydrogen-bond acceptors (Lipinski definition) is 2. The highest BCUT2D eigenvalue weighted by Gasteiger charge is 2.24. The highest BCUT2D eigenvalue weighted by molar-refractivity contribution is 5.80. The lowest BCUT2D eigenvalue weighted by Gasteiger charge is -2.23. The molecule has 4 heteroatoms. The standard InChI is InChI=1S/C17H21NO3/c1-12-7-5-6-10-14(12)15(11-16(19)20)18-17(21)13-8-3-2-4-9-13/h2-3,5-7,10,13,15H,4,8-9,11H2,1H3,(H,18,21)(H,19,20). The number of hydrogen-bond donors (Lipinski definition) is 2. The van der Waals surface area contributed by atoms with E-state index >= 15 is 0 Å². The van der Waals surface area contributed by atoms with Crippen LogP contribution in [0.3, 0.4) is 0 Å². The van der Waals surface area contributed by atoms with E-state index in [4.69, 9.17) is 5.11 Å². The van der Waals surface area contributed by atoms with E-state index in [0.29, 0.717) is 0 Å². The van der Waals surface area contributed by atoms with Gasteiger partial charge in [0.1, 0.15) is 0 Å². The van der Waals surface area contributed by atoms with Gasteiger partial charge in [-0.15, -0.1) is 0 Å². The van der Waals surface area contributed by atoms with Crippen LogP contribution in [0, 0.1) is 12.8 Å². The summed E-state index contributed by atoms with van der Waals surface area (Å²) in [7, 11) is 0. The zero-order valence-corrected chi connectivity index (χ0v) is 12.2. The van der Waals surface area contributed by atoms with E-state index in [1.807, 2.05) is 37.3 Å². The van der Waals surface area contributed by atoms with Crippen LogP contribution in [0.15, 0.2) is 36.4 Å². The number of carboxylic acids is 1. The van der Waals surface area contributed by atoms with Crippen LogP contribution in [0.2, 0.25) is 0 Å². The molecule has 2 rings (SSSR count). The zero-order valence-electron chi connectivity index (χ0n) is 12.2. The first-order valence-corrected chi connectivity index (χ1v) is 7.30. The Morgan fingerprint density at radius 2 is 2.10 bits per heavy atom. The normalized spacial score (nSPS) is 19.0. The van der Waals surface area contributed by atoms with Crippen molar-refractivity contribution in [2.45, 2.75) is 38.6 Å². The predicted octanol–water partition coefficient (Wildman–Crippen LogP) is 2.98. The van der Waals surface area contributed by atoms with Crippen LogP contribution < -0.4 is 5.32 Å². The molecule has 0 spiro atoms. The summed E-state index contributed by atoms with van der Waals surface area (Å²) in [6, 6.07) is 7.11. The SMILES string of the molecule is Cc1ccccc1C(CC(=O)O)NC(=O)C1CC=CCC1. The second kappa shape index (κ2) is 7.07. The Morgan fingerprint density at radius 1 is 1.33 bits per heavy atom. The van der Waals surface area contributed by atoms with Crippen molar-refractivity contribution in [1.29, 1.82) is 0 Å². The Hall–Kier alpha value is -2.10. The molecule has 1 aliphatic carbocycles. The highest BCUT2D eigenvalue weighted by atomic mass is 16.4. The Labute approximate surface area is 124 Å². The minimum atomic E-state index is -0.910. The van der Waals surface area contributed by atoms with Gasteiger partial charge in [-0.3, -0.25) is 9.59 Å². The summed E-state index contributed by atoms with van der Waals surface area (Å²) >= 11 is 0. The van der Waals surface area contributed by atoms with Gasteiger partial charge >= 0.3 is 5.97 Å². The summed E-state index contributed by atoms with van der Waals surface area (Å²) in [6.45, 7) is 1.93. The molecule has 0 saturated carbocycles. The van der Waals surface area contributed by atoms with E-state index in [1.54, 1.807) is 0 Å².